The molecule has 0 radical (unpaired) electrons. The Balaban J connectivity index is 3.23. The Kier molecular flexibility index (Phi) is 2.82. The molecule has 0 aliphatic carbocycles. The van der Waals surface area contributed by atoms with Crippen LogP contribution in [0.2, 0.25) is 5.02 Å². The summed E-state index contributed by atoms with van der Waals surface area (Å²) in [7, 11) is 0. The molecule has 0 aliphatic heterocycles. The van der Waals surface area contributed by atoms with Gasteiger partial charge in [0.05, 0.1) is 5.02 Å². The molecule has 0 heterocycles. The van der Waals surface area contributed by atoms with Crippen LogP contribution in [0, 0.1) is 5.82 Å². The highest BCUT2D eigenvalue weighted by molar-refractivity contribution is 7.83. The first kappa shape index (κ1) is 8.91. The molecule has 0 spiro atoms. The van der Waals surface area contributed by atoms with Crippen molar-refractivity contribution >= 4 is 39.7 Å². The lowest BCUT2D eigenvalue weighted by Crippen LogP contribution is -1.89. The summed E-state index contributed by atoms with van der Waals surface area (Å²) in [5.74, 6) is -0.396. The third-order valence-electron chi connectivity index (χ3n) is 1.14. The Morgan fingerprint density at radius 3 is 2.55 bits per heavy atom. The van der Waals surface area contributed by atoms with Crippen molar-refractivity contribution in [3.8, 4) is 0 Å². The maximum absolute atomic E-state index is 12.5. The van der Waals surface area contributed by atoms with E-state index in [4.69, 9.17) is 23.2 Å². The molecule has 0 atom stereocenters. The van der Waals surface area contributed by atoms with Crippen molar-refractivity contribution in [3.05, 3.63) is 34.6 Å². The highest BCUT2D eigenvalue weighted by Crippen LogP contribution is 2.19. The molecule has 0 aromatic heterocycles. The average molecular weight is 209 g/mol. The van der Waals surface area contributed by atoms with E-state index in [1.807, 2.05) is 0 Å². The van der Waals surface area contributed by atoms with Crippen LogP contribution in [-0.2, 0) is 0 Å². The van der Waals surface area contributed by atoms with Crippen LogP contribution in [0.15, 0.2) is 18.2 Å². The van der Waals surface area contributed by atoms with E-state index in [0.29, 0.717) is 10.6 Å². The van der Waals surface area contributed by atoms with Crippen LogP contribution in [0.25, 0.3) is 0 Å². The van der Waals surface area contributed by atoms with Gasteiger partial charge in [0.15, 0.2) is 0 Å². The topological polar surface area (TPSA) is 0 Å². The van der Waals surface area contributed by atoms with E-state index in [0.717, 1.165) is 0 Å². The maximum atomic E-state index is 12.5. The quantitative estimate of drug-likeness (QED) is 0.504. The Bertz CT molecular complexity index is 298. The van der Waals surface area contributed by atoms with Gasteiger partial charge in [-0.3, -0.25) is 0 Å². The molecule has 0 saturated heterocycles. The molecule has 4 heteroatoms. The SMILES string of the molecule is Fc1ccc(Cl)c(C(=S)Cl)c1. The van der Waals surface area contributed by atoms with E-state index < -0.39 is 5.82 Å². The summed E-state index contributed by atoms with van der Waals surface area (Å²) in [5.41, 5.74) is 0.364. The molecular weight excluding hydrogens is 206 g/mol. The Hall–Kier alpha value is -0.180. The van der Waals surface area contributed by atoms with E-state index >= 15 is 0 Å². The molecule has 0 unspecified atom stereocenters. The van der Waals surface area contributed by atoms with Gasteiger partial charge in [-0.25, -0.2) is 4.39 Å². The molecule has 1 rings (SSSR count). The van der Waals surface area contributed by atoms with Crippen LogP contribution in [-0.4, -0.2) is 4.32 Å². The fraction of sp³-hybridized carbons (Fsp3) is 0. The maximum Gasteiger partial charge on any atom is 0.123 e. The van der Waals surface area contributed by atoms with Crippen LogP contribution in [0.3, 0.4) is 0 Å². The first-order chi connectivity index (χ1) is 5.11. The fourth-order valence-corrected chi connectivity index (χ4v) is 1.29. The lowest BCUT2D eigenvalue weighted by Gasteiger charge is -1.98. The summed E-state index contributed by atoms with van der Waals surface area (Å²) in [6, 6.07) is 3.87. The zero-order chi connectivity index (χ0) is 8.43. The molecule has 0 amide bonds. The molecule has 0 nitrogen and oxygen atoms in total. The Morgan fingerprint density at radius 2 is 2.09 bits per heavy atom. The molecule has 0 fully saturated rings. The van der Waals surface area contributed by atoms with Crippen molar-refractivity contribution in [2.75, 3.05) is 0 Å². The second-order valence-corrected chi connectivity index (χ2v) is 3.32. The smallest absolute Gasteiger partial charge is 0.123 e. The summed E-state index contributed by atoms with van der Waals surface area (Å²) in [6.45, 7) is 0. The van der Waals surface area contributed by atoms with E-state index in [1.165, 1.54) is 18.2 Å². The summed E-state index contributed by atoms with van der Waals surface area (Å²) in [5, 5.41) is 0.367. The zero-order valence-corrected chi connectivity index (χ0v) is 7.60. The van der Waals surface area contributed by atoms with Gasteiger partial charge in [0.25, 0.3) is 0 Å². The molecular formula is C7H3Cl2FS. The van der Waals surface area contributed by atoms with Crippen LogP contribution in [0.4, 0.5) is 4.39 Å². The minimum atomic E-state index is -0.396. The molecule has 58 valence electrons. The fourth-order valence-electron chi connectivity index (χ4n) is 0.648. The van der Waals surface area contributed by atoms with Crippen molar-refractivity contribution in [1.82, 2.24) is 0 Å². The molecule has 1 aromatic carbocycles. The largest absolute Gasteiger partial charge is 0.207 e. The number of benzene rings is 1. The molecule has 0 aliphatic rings. The lowest BCUT2D eigenvalue weighted by atomic mass is 10.2. The van der Waals surface area contributed by atoms with Crippen molar-refractivity contribution < 1.29 is 4.39 Å². The summed E-state index contributed by atoms with van der Waals surface area (Å²) < 4.78 is 12.6. The first-order valence-corrected chi connectivity index (χ1v) is 3.92. The van der Waals surface area contributed by atoms with E-state index in [-0.39, 0.29) is 4.32 Å². The molecule has 0 N–H and O–H groups in total. The highest BCUT2D eigenvalue weighted by atomic mass is 35.5. The standard InChI is InChI=1S/C7H3Cl2FS/c8-6-2-1-4(10)3-5(6)7(9)11/h1-3H. The van der Waals surface area contributed by atoms with E-state index in [1.54, 1.807) is 0 Å². The van der Waals surface area contributed by atoms with Crippen LogP contribution >= 0.6 is 35.4 Å². The van der Waals surface area contributed by atoms with E-state index in [9.17, 15) is 4.39 Å². The van der Waals surface area contributed by atoms with Crippen molar-refractivity contribution in [3.63, 3.8) is 0 Å². The molecule has 0 saturated carbocycles. The predicted molar refractivity (Wildman–Crippen MR) is 49.0 cm³/mol. The van der Waals surface area contributed by atoms with Crippen molar-refractivity contribution in [1.29, 1.82) is 0 Å². The second kappa shape index (κ2) is 3.48. The third kappa shape index (κ3) is 2.12. The van der Waals surface area contributed by atoms with Gasteiger partial charge >= 0.3 is 0 Å². The number of hydrogen-bond acceptors (Lipinski definition) is 1. The molecule has 11 heavy (non-hydrogen) atoms. The number of hydrogen-bond donors (Lipinski definition) is 0. The van der Waals surface area contributed by atoms with Gasteiger partial charge in [0, 0.05) is 5.56 Å². The minimum absolute atomic E-state index is 0.0782. The summed E-state index contributed by atoms with van der Waals surface area (Å²) in [6.07, 6.45) is 0. The minimum Gasteiger partial charge on any atom is -0.207 e. The van der Waals surface area contributed by atoms with Crippen molar-refractivity contribution in [2.45, 2.75) is 0 Å². The van der Waals surface area contributed by atoms with E-state index in [2.05, 4.69) is 12.2 Å². The van der Waals surface area contributed by atoms with Gasteiger partial charge in [-0.15, -0.1) is 0 Å². The molecule has 1 aromatic rings. The Morgan fingerprint density at radius 1 is 1.45 bits per heavy atom. The van der Waals surface area contributed by atoms with Gasteiger partial charge < -0.3 is 0 Å². The van der Waals surface area contributed by atoms with Crippen LogP contribution < -0.4 is 0 Å². The predicted octanol–water partition coefficient (Wildman–Crippen LogP) is 3.39. The summed E-state index contributed by atoms with van der Waals surface area (Å²) in [4.78, 5) is 0. The highest BCUT2D eigenvalue weighted by Gasteiger charge is 2.04. The number of halogens is 3. The van der Waals surface area contributed by atoms with Gasteiger partial charge in [-0.2, -0.15) is 0 Å². The number of rotatable bonds is 1. The number of thiocarbonyl (C=S) groups is 1. The lowest BCUT2D eigenvalue weighted by molar-refractivity contribution is 0.627. The zero-order valence-electron chi connectivity index (χ0n) is 5.27. The second-order valence-electron chi connectivity index (χ2n) is 1.90. The van der Waals surface area contributed by atoms with Crippen molar-refractivity contribution in [2.24, 2.45) is 0 Å². The average Bonchev–Trinajstić information content (AvgIpc) is 1.94. The summed E-state index contributed by atoms with van der Waals surface area (Å²) >= 11 is 15.7. The van der Waals surface area contributed by atoms with Gasteiger partial charge in [-0.1, -0.05) is 35.4 Å². The van der Waals surface area contributed by atoms with Gasteiger partial charge in [0.2, 0.25) is 0 Å². The monoisotopic (exact) mass is 208 g/mol. The van der Waals surface area contributed by atoms with Crippen LogP contribution in [0.1, 0.15) is 5.56 Å². The van der Waals surface area contributed by atoms with Gasteiger partial charge in [0.1, 0.15) is 10.1 Å². The van der Waals surface area contributed by atoms with Crippen LogP contribution in [0.5, 0.6) is 0 Å². The normalized spacial score (nSPS) is 9.73. The Labute approximate surface area is 78.9 Å². The van der Waals surface area contributed by atoms with Gasteiger partial charge in [-0.05, 0) is 18.2 Å². The molecule has 0 bridgehead atoms. The first-order valence-electron chi connectivity index (χ1n) is 2.76. The third-order valence-corrected chi connectivity index (χ3v) is 1.89.